The van der Waals surface area contributed by atoms with E-state index < -0.39 is 17.4 Å². The molecule has 1 aliphatic heterocycles. The van der Waals surface area contributed by atoms with Crippen molar-refractivity contribution >= 4 is 33.8 Å². The zero-order valence-corrected chi connectivity index (χ0v) is 20.4. The van der Waals surface area contributed by atoms with Gasteiger partial charge in [-0.15, -0.1) is 19.9 Å². The maximum absolute atomic E-state index is 14.0. The highest BCUT2D eigenvalue weighted by atomic mass is 32.2. The lowest BCUT2D eigenvalue weighted by Gasteiger charge is -2.32. The first kappa shape index (κ1) is 23.0. The van der Waals surface area contributed by atoms with Crippen LogP contribution in [0.3, 0.4) is 0 Å². The van der Waals surface area contributed by atoms with Gasteiger partial charge in [-0.2, -0.15) is 0 Å². The van der Waals surface area contributed by atoms with E-state index >= 15 is 0 Å². The van der Waals surface area contributed by atoms with E-state index in [0.717, 1.165) is 35.7 Å². The number of benzene rings is 1. The van der Waals surface area contributed by atoms with E-state index in [1.54, 1.807) is 18.3 Å². The SMILES string of the molecule is COc1cc(-c2nc3sccn3c2-c2ccnc(NCCN3CCCN(C)[S+]3[O-])n2)ccc1F. The average molecular weight is 502 g/mol. The number of hydrogen-bond donors (Lipinski definition) is 1. The third-order valence-corrected chi connectivity index (χ3v) is 7.88. The Morgan fingerprint density at radius 2 is 2.15 bits per heavy atom. The summed E-state index contributed by atoms with van der Waals surface area (Å²) in [6.07, 6.45) is 4.62. The van der Waals surface area contributed by atoms with Crippen LogP contribution >= 0.6 is 11.3 Å². The van der Waals surface area contributed by atoms with Gasteiger partial charge in [-0.25, -0.2) is 19.3 Å². The molecule has 1 aromatic carbocycles. The molecule has 1 fully saturated rings. The smallest absolute Gasteiger partial charge is 0.223 e. The van der Waals surface area contributed by atoms with Gasteiger partial charge in [-0.05, 0) is 30.7 Å². The van der Waals surface area contributed by atoms with Gasteiger partial charge in [-0.1, -0.05) is 0 Å². The van der Waals surface area contributed by atoms with E-state index in [4.69, 9.17) is 14.7 Å². The van der Waals surface area contributed by atoms with Gasteiger partial charge in [0.2, 0.25) is 5.95 Å². The Balaban J connectivity index is 1.42. The fraction of sp³-hybridized carbons (Fsp3) is 0.318. The van der Waals surface area contributed by atoms with Gasteiger partial charge in [0.05, 0.1) is 25.0 Å². The average Bonchev–Trinajstić information content (AvgIpc) is 3.44. The number of thiazole rings is 1. The molecule has 1 atom stereocenters. The molecule has 3 aromatic heterocycles. The summed E-state index contributed by atoms with van der Waals surface area (Å²) in [7, 11) is 3.31. The Kier molecular flexibility index (Phi) is 6.66. The van der Waals surface area contributed by atoms with Crippen LogP contribution in [0.1, 0.15) is 6.42 Å². The van der Waals surface area contributed by atoms with E-state index in [-0.39, 0.29) is 5.75 Å². The van der Waals surface area contributed by atoms with Crippen molar-refractivity contribution in [1.29, 1.82) is 0 Å². The number of aromatic nitrogens is 4. The van der Waals surface area contributed by atoms with Gasteiger partial charge in [0, 0.05) is 50.0 Å². The number of halogens is 1. The molecule has 1 unspecified atom stereocenters. The van der Waals surface area contributed by atoms with Crippen LogP contribution in [-0.2, 0) is 11.5 Å². The van der Waals surface area contributed by atoms with E-state index in [2.05, 4.69) is 10.3 Å². The standard InChI is InChI=1S/C22H24FN7O2S2/c1-28-9-3-10-29(34(28)31)11-8-25-21-24-7-6-17(26-21)20-19(27-22-30(20)12-13-33-22)15-4-5-16(23)18(14-15)32-2/h4-7,12-14H,3,8-11H2,1-2H3,(H,24,25,26). The number of fused-ring (bicyclic) bond motifs is 1. The second-order valence-electron chi connectivity index (χ2n) is 7.77. The Labute approximate surface area is 203 Å². The van der Waals surface area contributed by atoms with Crippen LogP contribution in [0.5, 0.6) is 5.75 Å². The molecule has 12 heteroatoms. The van der Waals surface area contributed by atoms with Gasteiger partial charge in [0.1, 0.15) is 17.2 Å². The Morgan fingerprint density at radius 3 is 3.00 bits per heavy atom. The molecule has 9 nitrogen and oxygen atoms in total. The minimum absolute atomic E-state index is 0.158. The van der Waals surface area contributed by atoms with Crippen molar-refractivity contribution in [2.45, 2.75) is 6.42 Å². The molecule has 1 saturated heterocycles. The summed E-state index contributed by atoms with van der Waals surface area (Å²) in [6.45, 7) is 2.82. The number of rotatable bonds is 7. The zero-order chi connectivity index (χ0) is 23.7. The number of hydrogen-bond acceptors (Lipinski definition) is 9. The van der Waals surface area contributed by atoms with Crippen LogP contribution in [0, 0.1) is 5.82 Å². The van der Waals surface area contributed by atoms with Crippen molar-refractivity contribution in [1.82, 2.24) is 28.0 Å². The van der Waals surface area contributed by atoms with E-state index in [1.807, 2.05) is 37.7 Å². The van der Waals surface area contributed by atoms with Gasteiger partial charge >= 0.3 is 0 Å². The van der Waals surface area contributed by atoms with Gasteiger partial charge in [-0.3, -0.25) is 4.40 Å². The monoisotopic (exact) mass is 501 g/mol. The Morgan fingerprint density at radius 1 is 1.26 bits per heavy atom. The molecular weight excluding hydrogens is 477 g/mol. The molecule has 4 heterocycles. The number of anilines is 1. The van der Waals surface area contributed by atoms with Crippen LogP contribution in [0.2, 0.25) is 0 Å². The van der Waals surface area contributed by atoms with Gasteiger partial charge in [0.15, 0.2) is 16.5 Å². The first-order valence-electron chi connectivity index (χ1n) is 10.8. The molecule has 178 valence electrons. The van der Waals surface area contributed by atoms with Crippen molar-refractivity contribution < 1.29 is 13.7 Å². The molecule has 0 saturated carbocycles. The molecule has 1 N–H and O–H groups in total. The summed E-state index contributed by atoms with van der Waals surface area (Å²) in [5.74, 6) is 0.204. The Hall–Kier alpha value is -2.77. The molecule has 0 spiro atoms. The van der Waals surface area contributed by atoms with Gasteiger partial charge < -0.3 is 14.6 Å². The molecule has 34 heavy (non-hydrogen) atoms. The van der Waals surface area contributed by atoms with Crippen molar-refractivity contribution in [3.05, 3.63) is 47.9 Å². The lowest BCUT2D eigenvalue weighted by molar-refractivity contribution is 0.313. The molecule has 0 amide bonds. The molecule has 5 rings (SSSR count). The lowest BCUT2D eigenvalue weighted by atomic mass is 10.1. The van der Waals surface area contributed by atoms with Crippen molar-refractivity contribution in [2.24, 2.45) is 0 Å². The summed E-state index contributed by atoms with van der Waals surface area (Å²) in [5, 5.41) is 5.20. The number of imidazole rings is 1. The van der Waals surface area contributed by atoms with E-state index in [1.165, 1.54) is 24.5 Å². The number of methoxy groups -OCH3 is 1. The summed E-state index contributed by atoms with van der Waals surface area (Å²) in [5.41, 5.74) is 2.88. The van der Waals surface area contributed by atoms with Crippen LogP contribution in [0.15, 0.2) is 42.0 Å². The van der Waals surface area contributed by atoms with Gasteiger partial charge in [0.25, 0.3) is 0 Å². The topological polar surface area (TPSA) is 93.9 Å². The quantitative estimate of drug-likeness (QED) is 0.386. The minimum Gasteiger partial charge on any atom is -0.578 e. The third-order valence-electron chi connectivity index (χ3n) is 5.60. The molecule has 0 aliphatic carbocycles. The van der Waals surface area contributed by atoms with Crippen molar-refractivity contribution in [2.75, 3.05) is 45.7 Å². The highest BCUT2D eigenvalue weighted by Crippen LogP contribution is 2.35. The highest BCUT2D eigenvalue weighted by Gasteiger charge is 2.29. The van der Waals surface area contributed by atoms with Crippen LogP contribution in [0.25, 0.3) is 27.6 Å². The minimum atomic E-state index is -1.11. The predicted octanol–water partition coefficient (Wildman–Crippen LogP) is 3.30. The molecular formula is C22H24FN7O2S2. The largest absolute Gasteiger partial charge is 0.578 e. The zero-order valence-electron chi connectivity index (χ0n) is 18.8. The second-order valence-corrected chi connectivity index (χ2v) is 10.2. The Bertz CT molecular complexity index is 1300. The van der Waals surface area contributed by atoms with E-state index in [9.17, 15) is 8.94 Å². The van der Waals surface area contributed by atoms with Crippen LogP contribution < -0.4 is 10.1 Å². The fourth-order valence-electron chi connectivity index (χ4n) is 3.92. The van der Waals surface area contributed by atoms with E-state index in [0.29, 0.717) is 30.4 Å². The first-order chi connectivity index (χ1) is 16.5. The number of nitrogens with zero attached hydrogens (tertiary/aromatic N) is 6. The number of nitrogens with one attached hydrogen (secondary N) is 1. The normalized spacial score (nSPS) is 17.4. The summed E-state index contributed by atoms with van der Waals surface area (Å²) >= 11 is 0.397. The van der Waals surface area contributed by atoms with Crippen LogP contribution in [0.4, 0.5) is 10.3 Å². The lowest BCUT2D eigenvalue weighted by Crippen LogP contribution is -2.49. The molecule has 4 aromatic rings. The maximum atomic E-state index is 14.0. The summed E-state index contributed by atoms with van der Waals surface area (Å²) in [4.78, 5) is 14.6. The van der Waals surface area contributed by atoms with Crippen LogP contribution in [-0.4, -0.2) is 72.9 Å². The molecule has 1 aliphatic rings. The number of ether oxygens (including phenoxy) is 1. The third kappa shape index (κ3) is 4.46. The predicted molar refractivity (Wildman–Crippen MR) is 131 cm³/mol. The summed E-state index contributed by atoms with van der Waals surface area (Å²) in [6, 6.07) is 6.52. The van der Waals surface area contributed by atoms with Crippen molar-refractivity contribution in [3.8, 4) is 28.4 Å². The molecule has 0 radical (unpaired) electrons. The first-order valence-corrected chi connectivity index (χ1v) is 12.7. The second kappa shape index (κ2) is 9.84. The highest BCUT2D eigenvalue weighted by molar-refractivity contribution is 7.86. The summed E-state index contributed by atoms with van der Waals surface area (Å²) < 4.78 is 37.3. The molecule has 0 bridgehead atoms. The fourth-order valence-corrected chi connectivity index (χ4v) is 5.85. The van der Waals surface area contributed by atoms with Crippen molar-refractivity contribution in [3.63, 3.8) is 0 Å². The maximum Gasteiger partial charge on any atom is 0.223 e.